The summed E-state index contributed by atoms with van der Waals surface area (Å²) in [6.07, 6.45) is 3.54. The minimum Gasteiger partial charge on any atom is -0.379 e. The van der Waals surface area contributed by atoms with E-state index in [4.69, 9.17) is 0 Å². The minimum absolute atomic E-state index is 0.153. The van der Waals surface area contributed by atoms with E-state index in [1.165, 1.54) is 5.56 Å². The van der Waals surface area contributed by atoms with Gasteiger partial charge in [-0.05, 0) is 38.0 Å². The molecule has 0 atom stereocenters. The Morgan fingerprint density at radius 3 is 2.62 bits per heavy atom. The van der Waals surface area contributed by atoms with Gasteiger partial charge in [-0.2, -0.15) is 0 Å². The van der Waals surface area contributed by atoms with Crippen molar-refractivity contribution in [2.45, 2.75) is 25.8 Å². The van der Waals surface area contributed by atoms with E-state index in [0.717, 1.165) is 23.9 Å². The molecule has 2 aromatic carbocycles. The minimum atomic E-state index is -3.39. The van der Waals surface area contributed by atoms with Crippen molar-refractivity contribution in [1.82, 2.24) is 5.32 Å². The van der Waals surface area contributed by atoms with E-state index in [1.807, 2.05) is 18.2 Å². The maximum absolute atomic E-state index is 12.8. The molecule has 0 radical (unpaired) electrons. The smallest absolute Gasteiger partial charge is 0.229 e. The van der Waals surface area contributed by atoms with Gasteiger partial charge in [-0.25, -0.2) is 8.42 Å². The van der Waals surface area contributed by atoms with E-state index < -0.39 is 10.0 Å². The highest BCUT2D eigenvalue weighted by molar-refractivity contribution is 7.92. The molecule has 1 heterocycles. The molecule has 2 aromatic rings. The highest BCUT2D eigenvalue weighted by Crippen LogP contribution is 2.29. The molecule has 0 spiro atoms. The second-order valence-corrected chi connectivity index (χ2v) is 8.97. The van der Waals surface area contributed by atoms with E-state index >= 15 is 0 Å². The summed E-state index contributed by atoms with van der Waals surface area (Å²) in [5.41, 5.74) is 3.64. The van der Waals surface area contributed by atoms with Crippen molar-refractivity contribution in [2.75, 3.05) is 11.0 Å². The molecule has 26 heavy (non-hydrogen) atoms. The fourth-order valence-corrected chi connectivity index (χ4v) is 3.72. The second-order valence-electron chi connectivity index (χ2n) is 7.22. The molecule has 6 heteroatoms. The number of nitrogens with one attached hydrogen (secondary N) is 2. The average Bonchev–Trinajstić information content (AvgIpc) is 2.52. The van der Waals surface area contributed by atoms with Crippen molar-refractivity contribution in [3.05, 3.63) is 71.3 Å². The summed E-state index contributed by atoms with van der Waals surface area (Å²) in [5, 5.41) is 3.43. The number of carbonyl (C=O) groups is 1. The van der Waals surface area contributed by atoms with Crippen LogP contribution in [0.3, 0.4) is 0 Å². The number of benzene rings is 2. The quantitative estimate of drug-likeness (QED) is 0.640. The third-order valence-corrected chi connectivity index (χ3v) is 4.75. The molecule has 1 aliphatic heterocycles. The van der Waals surface area contributed by atoms with Gasteiger partial charge in [0.2, 0.25) is 10.0 Å². The summed E-state index contributed by atoms with van der Waals surface area (Å²) < 4.78 is 25.2. The molecular weight excluding hydrogens is 348 g/mol. The summed E-state index contributed by atoms with van der Waals surface area (Å²) >= 11 is 0. The van der Waals surface area contributed by atoms with Crippen LogP contribution < -0.4 is 10.0 Å². The van der Waals surface area contributed by atoms with Crippen LogP contribution in [0.25, 0.3) is 5.70 Å². The first-order chi connectivity index (χ1) is 12.1. The van der Waals surface area contributed by atoms with Gasteiger partial charge in [0.25, 0.3) is 0 Å². The Bertz CT molecular complexity index is 992. The molecule has 0 aliphatic carbocycles. The van der Waals surface area contributed by atoms with E-state index in [0.29, 0.717) is 11.3 Å². The standard InChI is InChI=1S/C20H22N2O3S/c1-20(2)13-15-7-4-5-10-17(15)18(21-20)12-19(23)14-8-6-9-16(11-14)22-26(3,24)25/h4-12,21-22H,13H2,1-3H3. The molecule has 0 fully saturated rings. The highest BCUT2D eigenvalue weighted by Gasteiger charge is 2.27. The van der Waals surface area contributed by atoms with Crippen molar-refractivity contribution in [2.24, 2.45) is 0 Å². The molecule has 0 unspecified atom stereocenters. The van der Waals surface area contributed by atoms with E-state index in [2.05, 4.69) is 30.0 Å². The van der Waals surface area contributed by atoms with Crippen LogP contribution in [-0.2, 0) is 16.4 Å². The lowest BCUT2D eigenvalue weighted by atomic mass is 9.85. The van der Waals surface area contributed by atoms with E-state index in [9.17, 15) is 13.2 Å². The number of ketones is 1. The van der Waals surface area contributed by atoms with Gasteiger partial charge in [0.1, 0.15) is 0 Å². The van der Waals surface area contributed by atoms with Crippen LogP contribution in [0.2, 0.25) is 0 Å². The Morgan fingerprint density at radius 2 is 1.88 bits per heavy atom. The van der Waals surface area contributed by atoms with Crippen molar-refractivity contribution >= 4 is 27.2 Å². The molecule has 0 aromatic heterocycles. The number of hydrogen-bond acceptors (Lipinski definition) is 4. The van der Waals surface area contributed by atoms with Crippen LogP contribution >= 0.6 is 0 Å². The summed E-state index contributed by atoms with van der Waals surface area (Å²) in [4.78, 5) is 12.8. The molecule has 0 bridgehead atoms. The lowest BCUT2D eigenvalue weighted by Crippen LogP contribution is -2.43. The zero-order valence-corrected chi connectivity index (χ0v) is 15.9. The summed E-state index contributed by atoms with van der Waals surface area (Å²) in [6.45, 7) is 4.19. The largest absolute Gasteiger partial charge is 0.379 e. The van der Waals surface area contributed by atoms with Gasteiger partial charge in [0, 0.05) is 34.1 Å². The lowest BCUT2D eigenvalue weighted by molar-refractivity contribution is 0.104. The Balaban J connectivity index is 1.95. The zero-order chi connectivity index (χ0) is 18.9. The molecule has 3 rings (SSSR count). The van der Waals surface area contributed by atoms with Gasteiger partial charge in [0.15, 0.2) is 5.78 Å². The van der Waals surface area contributed by atoms with Crippen LogP contribution in [0.5, 0.6) is 0 Å². The first-order valence-corrected chi connectivity index (χ1v) is 10.2. The fraction of sp³-hybridized carbons (Fsp3) is 0.250. The van der Waals surface area contributed by atoms with Crippen LogP contribution in [0.15, 0.2) is 54.6 Å². The number of rotatable bonds is 4. The third-order valence-electron chi connectivity index (χ3n) is 4.14. The number of fused-ring (bicyclic) bond motifs is 1. The van der Waals surface area contributed by atoms with Crippen molar-refractivity contribution in [1.29, 1.82) is 0 Å². The van der Waals surface area contributed by atoms with Crippen LogP contribution in [-0.4, -0.2) is 26.0 Å². The zero-order valence-electron chi connectivity index (χ0n) is 15.0. The maximum atomic E-state index is 12.8. The van der Waals surface area contributed by atoms with Crippen molar-refractivity contribution in [3.63, 3.8) is 0 Å². The topological polar surface area (TPSA) is 75.3 Å². The normalized spacial score (nSPS) is 17.3. The predicted octanol–water partition coefficient (Wildman–Crippen LogP) is 3.21. The number of hydrogen-bond donors (Lipinski definition) is 2. The van der Waals surface area contributed by atoms with Crippen molar-refractivity contribution < 1.29 is 13.2 Å². The lowest BCUT2D eigenvalue weighted by Gasteiger charge is -2.35. The average molecular weight is 370 g/mol. The molecule has 136 valence electrons. The van der Waals surface area contributed by atoms with Gasteiger partial charge in [-0.15, -0.1) is 0 Å². The van der Waals surface area contributed by atoms with Gasteiger partial charge >= 0.3 is 0 Å². The van der Waals surface area contributed by atoms with Crippen LogP contribution in [0.1, 0.15) is 35.3 Å². The SMILES string of the molecule is CC1(C)Cc2ccccc2C(=CC(=O)c2cccc(NS(C)(=O)=O)c2)N1. The molecule has 0 saturated carbocycles. The second kappa shape index (κ2) is 6.61. The third kappa shape index (κ3) is 4.32. The molecule has 0 saturated heterocycles. The van der Waals surface area contributed by atoms with Crippen LogP contribution in [0.4, 0.5) is 5.69 Å². The van der Waals surface area contributed by atoms with E-state index in [1.54, 1.807) is 30.3 Å². The number of allylic oxidation sites excluding steroid dienone is 1. The fourth-order valence-electron chi connectivity index (χ4n) is 3.17. The molecule has 1 aliphatic rings. The summed E-state index contributed by atoms with van der Waals surface area (Å²) in [7, 11) is -3.39. The van der Waals surface area contributed by atoms with Gasteiger partial charge in [-0.3, -0.25) is 9.52 Å². The van der Waals surface area contributed by atoms with Crippen LogP contribution in [0, 0.1) is 0 Å². The Hall–Kier alpha value is -2.60. The van der Waals surface area contributed by atoms with Gasteiger partial charge < -0.3 is 5.32 Å². The summed E-state index contributed by atoms with van der Waals surface area (Å²) in [6, 6.07) is 14.5. The monoisotopic (exact) mass is 370 g/mol. The molecule has 2 N–H and O–H groups in total. The first-order valence-electron chi connectivity index (χ1n) is 8.33. The maximum Gasteiger partial charge on any atom is 0.229 e. The highest BCUT2D eigenvalue weighted by atomic mass is 32.2. The molecule has 5 nitrogen and oxygen atoms in total. The molecule has 0 amide bonds. The molecular formula is C20H22N2O3S. The van der Waals surface area contributed by atoms with Gasteiger partial charge in [-0.1, -0.05) is 36.4 Å². The number of anilines is 1. The summed E-state index contributed by atoms with van der Waals surface area (Å²) in [5.74, 6) is -0.183. The Morgan fingerprint density at radius 1 is 1.15 bits per heavy atom. The Labute approximate surface area is 154 Å². The predicted molar refractivity (Wildman–Crippen MR) is 105 cm³/mol. The number of sulfonamides is 1. The first kappa shape index (κ1) is 18.2. The number of carbonyl (C=O) groups excluding carboxylic acids is 1. The van der Waals surface area contributed by atoms with Crippen molar-refractivity contribution in [3.8, 4) is 0 Å². The van der Waals surface area contributed by atoms with Gasteiger partial charge in [0.05, 0.1) is 6.26 Å². The Kier molecular flexibility index (Phi) is 4.63. The van der Waals surface area contributed by atoms with E-state index in [-0.39, 0.29) is 11.3 Å².